The number of nitrogens with zero attached hydrogens (tertiary/aromatic N) is 2. The summed E-state index contributed by atoms with van der Waals surface area (Å²) in [6, 6.07) is 18.4. The van der Waals surface area contributed by atoms with Gasteiger partial charge in [-0.15, -0.1) is 0 Å². The number of nitrogens with one attached hydrogen (secondary N) is 2. The number of benzene rings is 1. The summed E-state index contributed by atoms with van der Waals surface area (Å²) in [7, 11) is 0. The van der Waals surface area contributed by atoms with E-state index in [1.54, 1.807) is 24.9 Å². The van der Waals surface area contributed by atoms with Gasteiger partial charge in [0.1, 0.15) is 0 Å². The Bertz CT molecular complexity index is 2390. The van der Waals surface area contributed by atoms with Gasteiger partial charge in [0.15, 0.2) is 18.3 Å². The third-order valence-corrected chi connectivity index (χ3v) is 9.89. The molecule has 9 rings (SSSR count). The first-order valence-corrected chi connectivity index (χ1v) is 16.5. The second kappa shape index (κ2) is 11.4. The average Bonchev–Trinajstić information content (AvgIpc) is 3.94. The molecule has 0 aliphatic carbocycles. The van der Waals surface area contributed by atoms with Crippen LogP contribution in [0.25, 0.3) is 57.5 Å². The molecule has 0 saturated heterocycles. The lowest BCUT2D eigenvalue weighted by Gasteiger charge is -2.14. The first-order chi connectivity index (χ1) is 23.5. The summed E-state index contributed by atoms with van der Waals surface area (Å²) in [5.74, 6) is 0. The van der Waals surface area contributed by atoms with Crippen LogP contribution >= 0.6 is 36.7 Å². The Balaban J connectivity index is 1.44. The van der Waals surface area contributed by atoms with Gasteiger partial charge in [-0.05, 0) is 72.4 Å². The van der Waals surface area contributed by atoms with E-state index in [0.29, 0.717) is 20.3 Å². The molecule has 0 radical (unpaired) electrons. The van der Waals surface area contributed by atoms with Crippen LogP contribution in [-0.2, 0) is 14.2 Å². The summed E-state index contributed by atoms with van der Waals surface area (Å²) >= 11 is 17.3. The van der Waals surface area contributed by atoms with Crippen molar-refractivity contribution in [2.75, 3.05) is 0 Å². The number of aromatic amines is 2. The monoisotopic (exact) mass is 680 g/mol. The molecule has 48 heavy (non-hydrogen) atoms. The highest BCUT2D eigenvalue weighted by molar-refractivity contribution is 7.81. The second-order valence-electron chi connectivity index (χ2n) is 11.6. The molecular formula is C38H24N4O3S3. The van der Waals surface area contributed by atoms with Gasteiger partial charge in [0.25, 0.3) is 0 Å². The van der Waals surface area contributed by atoms with Crippen LogP contribution in [0.3, 0.4) is 0 Å². The zero-order valence-electron chi connectivity index (χ0n) is 25.0. The van der Waals surface area contributed by atoms with Crippen molar-refractivity contribution < 1.29 is 14.2 Å². The van der Waals surface area contributed by atoms with E-state index < -0.39 is 18.3 Å². The first kappa shape index (κ1) is 28.9. The quantitative estimate of drug-likeness (QED) is 0.178. The Morgan fingerprint density at radius 2 is 0.854 bits per heavy atom. The number of hydrogen-bond acceptors (Lipinski definition) is 8. The average molecular weight is 681 g/mol. The SMILES string of the molecule is S=C1C=COC1c1c2nc(c(C3OC=CC3=S)c3ccc([nH]3)c(C3OC=CC3=S)c3nc(c(-c4ccccc4)c4ccc1[nH]4)C=C3)C=C2. The molecular weight excluding hydrogens is 657 g/mol. The molecule has 4 aromatic rings. The number of hydrogen-bond donors (Lipinski definition) is 2. The predicted octanol–water partition coefficient (Wildman–Crippen LogP) is 9.19. The van der Waals surface area contributed by atoms with E-state index in [1.165, 1.54) is 0 Å². The molecule has 1 aromatic carbocycles. The van der Waals surface area contributed by atoms with Gasteiger partial charge in [-0.1, -0.05) is 67.0 Å². The van der Waals surface area contributed by atoms with E-state index in [4.69, 9.17) is 60.8 Å². The Kier molecular flexibility index (Phi) is 6.89. The standard InChI is InChI=1S/C38H24N4O3S3/c46-29-14-17-43-36(29)33-23-8-6-21(39-23)32(20-4-2-1-3-5-20)22-7-9-24(40-22)34(37-30(47)15-18-44-37)26-11-13-28(42-26)35(27-12-10-25(33)41-27)38-31(48)16-19-45-38/h1-19,36-39,42H. The lowest BCUT2D eigenvalue weighted by molar-refractivity contribution is 0.222. The topological polar surface area (TPSA) is 85.1 Å². The normalized spacial score (nSPS) is 20.5. The summed E-state index contributed by atoms with van der Waals surface area (Å²) < 4.78 is 18.2. The zero-order valence-corrected chi connectivity index (χ0v) is 27.5. The highest BCUT2D eigenvalue weighted by atomic mass is 32.1. The highest BCUT2D eigenvalue weighted by Gasteiger charge is 2.30. The highest BCUT2D eigenvalue weighted by Crippen LogP contribution is 2.39. The number of ether oxygens (including phenoxy) is 3. The minimum atomic E-state index is -0.514. The van der Waals surface area contributed by atoms with E-state index >= 15 is 0 Å². The zero-order chi connectivity index (χ0) is 32.4. The van der Waals surface area contributed by atoms with E-state index in [2.05, 4.69) is 28.2 Å². The number of aromatic nitrogens is 4. The van der Waals surface area contributed by atoms with Crippen molar-refractivity contribution in [1.82, 2.24) is 19.9 Å². The number of H-pyrrole nitrogens is 2. The van der Waals surface area contributed by atoms with Crippen molar-refractivity contribution in [2.45, 2.75) is 18.3 Å². The van der Waals surface area contributed by atoms with Gasteiger partial charge in [-0.3, -0.25) is 0 Å². The first-order valence-electron chi connectivity index (χ1n) is 15.3. The molecule has 232 valence electrons. The van der Waals surface area contributed by atoms with Crippen LogP contribution in [0.15, 0.2) is 91.6 Å². The van der Waals surface area contributed by atoms with Crippen LogP contribution < -0.4 is 0 Å². The van der Waals surface area contributed by atoms with Gasteiger partial charge >= 0.3 is 0 Å². The smallest absolute Gasteiger partial charge is 0.162 e. The van der Waals surface area contributed by atoms with Crippen molar-refractivity contribution in [3.8, 4) is 11.1 Å². The molecule has 0 fully saturated rings. The molecule has 7 nitrogen and oxygen atoms in total. The molecule has 0 saturated carbocycles. The van der Waals surface area contributed by atoms with Crippen molar-refractivity contribution in [3.05, 3.63) is 131 Å². The fourth-order valence-electron chi connectivity index (χ4n) is 6.66. The maximum atomic E-state index is 6.08. The number of rotatable bonds is 4. The van der Waals surface area contributed by atoms with Crippen LogP contribution in [-0.4, -0.2) is 34.5 Å². The van der Waals surface area contributed by atoms with Crippen LogP contribution in [0.2, 0.25) is 0 Å². The number of fused-ring (bicyclic) bond motifs is 8. The van der Waals surface area contributed by atoms with E-state index in [9.17, 15) is 0 Å². The molecule has 2 N–H and O–H groups in total. The summed E-state index contributed by atoms with van der Waals surface area (Å²) in [6.07, 6.45) is 16.9. The Hall–Kier alpha value is -5.29. The van der Waals surface area contributed by atoms with Gasteiger partial charge in [0, 0.05) is 44.3 Å². The molecule has 3 aromatic heterocycles. The maximum absolute atomic E-state index is 6.08. The molecule has 5 aliphatic rings. The molecule has 0 spiro atoms. The van der Waals surface area contributed by atoms with Gasteiger partial charge < -0.3 is 24.2 Å². The summed E-state index contributed by atoms with van der Waals surface area (Å²) in [4.78, 5) is 19.7. The van der Waals surface area contributed by atoms with Crippen LogP contribution in [0.4, 0.5) is 0 Å². The lowest BCUT2D eigenvalue weighted by atomic mass is 10.0. The minimum Gasteiger partial charge on any atom is -0.488 e. The third kappa shape index (κ3) is 4.71. The summed E-state index contributed by atoms with van der Waals surface area (Å²) in [5.41, 5.74) is 10.7. The van der Waals surface area contributed by atoms with Crippen LogP contribution in [0.1, 0.15) is 57.8 Å². The molecule has 8 heterocycles. The predicted molar refractivity (Wildman–Crippen MR) is 201 cm³/mol. The molecule has 10 heteroatoms. The molecule has 3 unspecified atom stereocenters. The fourth-order valence-corrected chi connectivity index (χ4v) is 7.34. The Labute approximate surface area is 291 Å². The molecule has 3 atom stereocenters. The van der Waals surface area contributed by atoms with Gasteiger partial charge in [-0.25, -0.2) is 9.97 Å². The van der Waals surface area contributed by atoms with Crippen molar-refractivity contribution >= 4 is 97.6 Å². The van der Waals surface area contributed by atoms with Gasteiger partial charge in [0.05, 0.1) is 56.2 Å². The molecule has 8 bridgehead atoms. The second-order valence-corrected chi connectivity index (χ2v) is 13.1. The van der Waals surface area contributed by atoms with E-state index in [1.807, 2.05) is 72.9 Å². The fraction of sp³-hybridized carbons (Fsp3) is 0.0789. The van der Waals surface area contributed by atoms with Crippen molar-refractivity contribution in [1.29, 1.82) is 0 Å². The third-order valence-electron chi connectivity index (χ3n) is 8.84. The molecule has 5 aliphatic heterocycles. The summed E-state index contributed by atoms with van der Waals surface area (Å²) in [5, 5.41) is 0. The minimum absolute atomic E-state index is 0.496. The van der Waals surface area contributed by atoms with Crippen molar-refractivity contribution in [3.63, 3.8) is 0 Å². The Morgan fingerprint density at radius 3 is 1.29 bits per heavy atom. The summed E-state index contributed by atoms with van der Waals surface area (Å²) in [6.45, 7) is 0. The largest absolute Gasteiger partial charge is 0.488 e. The number of thiocarbonyl (C=S) groups is 3. The van der Waals surface area contributed by atoms with Crippen molar-refractivity contribution in [2.24, 2.45) is 0 Å². The lowest BCUT2D eigenvalue weighted by Crippen LogP contribution is -2.09. The van der Waals surface area contributed by atoms with Gasteiger partial charge in [-0.2, -0.15) is 0 Å². The van der Waals surface area contributed by atoms with Crippen LogP contribution in [0, 0.1) is 0 Å². The van der Waals surface area contributed by atoms with E-state index in [0.717, 1.165) is 67.0 Å². The maximum Gasteiger partial charge on any atom is 0.162 e. The van der Waals surface area contributed by atoms with Crippen LogP contribution in [0.5, 0.6) is 0 Å². The molecule has 0 amide bonds. The Morgan fingerprint density at radius 1 is 0.458 bits per heavy atom. The van der Waals surface area contributed by atoms with E-state index in [-0.39, 0.29) is 0 Å². The van der Waals surface area contributed by atoms with Gasteiger partial charge in [0.2, 0.25) is 0 Å².